The molecule has 0 fully saturated rings. The number of rotatable bonds is 6. The van der Waals surface area contributed by atoms with Crippen LogP contribution < -0.4 is 9.47 Å². The van der Waals surface area contributed by atoms with Crippen LogP contribution in [0.1, 0.15) is 24.2 Å². The summed E-state index contributed by atoms with van der Waals surface area (Å²) < 4.78 is 23.9. The first-order valence-corrected chi connectivity index (χ1v) is 6.83. The fraction of sp³-hybridized carbons (Fsp3) is 0.294. The minimum Gasteiger partial charge on any atom is -0.497 e. The molecule has 4 heteroatoms. The van der Waals surface area contributed by atoms with E-state index in [4.69, 9.17) is 9.47 Å². The van der Waals surface area contributed by atoms with E-state index in [1.807, 2.05) is 24.3 Å². The van der Waals surface area contributed by atoms with Crippen LogP contribution in [0.2, 0.25) is 0 Å². The van der Waals surface area contributed by atoms with Gasteiger partial charge >= 0.3 is 0 Å². The number of aliphatic hydroxyl groups excluding tert-OH is 1. The molecule has 0 aliphatic heterocycles. The first-order chi connectivity index (χ1) is 10.1. The Hall–Kier alpha value is -2.07. The number of methoxy groups -OCH3 is 1. The van der Waals surface area contributed by atoms with Crippen LogP contribution >= 0.6 is 0 Å². The molecule has 0 aromatic heterocycles. The van der Waals surface area contributed by atoms with Crippen molar-refractivity contribution < 1.29 is 19.0 Å². The predicted octanol–water partition coefficient (Wildman–Crippen LogP) is 3.51. The number of aliphatic hydroxyl groups is 1. The lowest BCUT2D eigenvalue weighted by molar-refractivity contribution is 0.191. The first kappa shape index (κ1) is 15.3. The van der Waals surface area contributed by atoms with Crippen LogP contribution in [0.15, 0.2) is 42.5 Å². The zero-order chi connectivity index (χ0) is 15.2. The highest BCUT2D eigenvalue weighted by Gasteiger charge is 2.10. The van der Waals surface area contributed by atoms with Crippen molar-refractivity contribution in [2.45, 2.75) is 19.4 Å². The van der Waals surface area contributed by atoms with Crippen molar-refractivity contribution in [3.63, 3.8) is 0 Å². The largest absolute Gasteiger partial charge is 0.497 e. The zero-order valence-corrected chi connectivity index (χ0v) is 12.2. The van der Waals surface area contributed by atoms with Gasteiger partial charge in [0.05, 0.1) is 19.8 Å². The Balaban J connectivity index is 1.96. The van der Waals surface area contributed by atoms with Gasteiger partial charge in [0.15, 0.2) is 0 Å². The van der Waals surface area contributed by atoms with Crippen molar-refractivity contribution in [2.24, 2.45) is 0 Å². The summed E-state index contributed by atoms with van der Waals surface area (Å²) in [5.74, 6) is 0.947. The van der Waals surface area contributed by atoms with E-state index in [1.165, 1.54) is 12.1 Å². The molecule has 21 heavy (non-hydrogen) atoms. The van der Waals surface area contributed by atoms with E-state index in [2.05, 4.69) is 0 Å². The van der Waals surface area contributed by atoms with Gasteiger partial charge in [0.25, 0.3) is 0 Å². The quantitative estimate of drug-likeness (QED) is 0.885. The van der Waals surface area contributed by atoms with Crippen LogP contribution in [0, 0.1) is 5.82 Å². The van der Waals surface area contributed by atoms with E-state index in [1.54, 1.807) is 20.1 Å². The normalized spacial score (nSPS) is 12.0. The minimum absolute atomic E-state index is 0.381. The van der Waals surface area contributed by atoms with E-state index in [-0.39, 0.29) is 5.82 Å². The molecule has 112 valence electrons. The fourth-order valence-electron chi connectivity index (χ4n) is 2.05. The number of hydrogen-bond donors (Lipinski definition) is 1. The number of hydrogen-bond acceptors (Lipinski definition) is 3. The van der Waals surface area contributed by atoms with Crippen LogP contribution in [0.4, 0.5) is 4.39 Å². The second kappa shape index (κ2) is 7.09. The summed E-state index contributed by atoms with van der Waals surface area (Å²) in [4.78, 5) is 0. The Morgan fingerprint density at radius 2 is 1.86 bits per heavy atom. The monoisotopic (exact) mass is 290 g/mol. The molecule has 1 N–H and O–H groups in total. The van der Waals surface area contributed by atoms with Crippen LogP contribution in [-0.2, 0) is 6.42 Å². The predicted molar refractivity (Wildman–Crippen MR) is 79.2 cm³/mol. The molecule has 2 aromatic carbocycles. The molecule has 0 spiro atoms. The standard InChI is InChI=1S/C17H19FO3/c1-12(19)16-11-14(18)5-8-17(16)21-10-9-13-3-6-15(20-2)7-4-13/h3-8,11-12,19H,9-10H2,1-2H3/t12-/m1/s1. The third-order valence-electron chi connectivity index (χ3n) is 3.23. The van der Waals surface area contributed by atoms with Crippen molar-refractivity contribution in [2.75, 3.05) is 13.7 Å². The maximum Gasteiger partial charge on any atom is 0.125 e. The number of ether oxygens (including phenoxy) is 2. The van der Waals surface area contributed by atoms with Gasteiger partial charge in [-0.05, 0) is 42.8 Å². The number of halogens is 1. The van der Waals surface area contributed by atoms with E-state index < -0.39 is 6.10 Å². The van der Waals surface area contributed by atoms with Gasteiger partial charge in [0, 0.05) is 12.0 Å². The van der Waals surface area contributed by atoms with Crippen molar-refractivity contribution in [1.29, 1.82) is 0 Å². The lowest BCUT2D eigenvalue weighted by atomic mass is 10.1. The molecule has 2 aromatic rings. The second-order valence-corrected chi connectivity index (χ2v) is 4.80. The van der Waals surface area contributed by atoms with Gasteiger partial charge in [-0.1, -0.05) is 12.1 Å². The molecule has 0 bridgehead atoms. The number of benzene rings is 2. The van der Waals surface area contributed by atoms with Crippen molar-refractivity contribution in [3.05, 3.63) is 59.4 Å². The summed E-state index contributed by atoms with van der Waals surface area (Å²) >= 11 is 0. The van der Waals surface area contributed by atoms with Crippen molar-refractivity contribution in [3.8, 4) is 11.5 Å². The molecule has 0 amide bonds. The summed E-state index contributed by atoms with van der Waals surface area (Å²) in [6.45, 7) is 2.04. The Kier molecular flexibility index (Phi) is 5.17. The lowest BCUT2D eigenvalue weighted by Gasteiger charge is -2.13. The van der Waals surface area contributed by atoms with Crippen molar-refractivity contribution in [1.82, 2.24) is 0 Å². The first-order valence-electron chi connectivity index (χ1n) is 6.83. The Bertz CT molecular complexity index is 579. The molecule has 2 rings (SSSR count). The Morgan fingerprint density at radius 3 is 2.48 bits per heavy atom. The molecule has 1 atom stereocenters. The lowest BCUT2D eigenvalue weighted by Crippen LogP contribution is -2.05. The Morgan fingerprint density at radius 1 is 1.14 bits per heavy atom. The minimum atomic E-state index is -0.767. The van der Waals surface area contributed by atoms with Crippen molar-refractivity contribution >= 4 is 0 Å². The van der Waals surface area contributed by atoms with Crippen LogP contribution in [0.25, 0.3) is 0 Å². The van der Waals surface area contributed by atoms with E-state index in [0.717, 1.165) is 17.7 Å². The van der Waals surface area contributed by atoms with Crippen LogP contribution in [0.5, 0.6) is 11.5 Å². The summed E-state index contributed by atoms with van der Waals surface area (Å²) in [5.41, 5.74) is 1.58. The average Bonchev–Trinajstić information content (AvgIpc) is 2.49. The summed E-state index contributed by atoms with van der Waals surface area (Å²) in [6, 6.07) is 11.9. The topological polar surface area (TPSA) is 38.7 Å². The molecule has 0 aliphatic carbocycles. The molecule has 0 saturated heterocycles. The molecule has 3 nitrogen and oxygen atoms in total. The second-order valence-electron chi connectivity index (χ2n) is 4.80. The van der Waals surface area contributed by atoms with Gasteiger partial charge in [-0.3, -0.25) is 0 Å². The van der Waals surface area contributed by atoms with E-state index >= 15 is 0 Å². The SMILES string of the molecule is COc1ccc(CCOc2ccc(F)cc2[C@@H](C)O)cc1. The smallest absolute Gasteiger partial charge is 0.125 e. The zero-order valence-electron chi connectivity index (χ0n) is 12.2. The van der Waals surface area contributed by atoms with Crippen LogP contribution in [0.3, 0.4) is 0 Å². The highest BCUT2D eigenvalue weighted by molar-refractivity contribution is 5.35. The van der Waals surface area contributed by atoms with Gasteiger partial charge in [-0.2, -0.15) is 0 Å². The van der Waals surface area contributed by atoms with Gasteiger partial charge in [-0.15, -0.1) is 0 Å². The van der Waals surface area contributed by atoms with Crippen LogP contribution in [-0.4, -0.2) is 18.8 Å². The summed E-state index contributed by atoms with van der Waals surface area (Å²) in [6.07, 6.45) is -0.0441. The molecule has 0 unspecified atom stereocenters. The highest BCUT2D eigenvalue weighted by Crippen LogP contribution is 2.26. The average molecular weight is 290 g/mol. The van der Waals surface area contributed by atoms with Gasteiger partial charge in [-0.25, -0.2) is 4.39 Å². The molecular weight excluding hydrogens is 271 g/mol. The van der Waals surface area contributed by atoms with E-state index in [9.17, 15) is 9.50 Å². The molecule has 0 radical (unpaired) electrons. The Labute approximate surface area is 124 Å². The highest BCUT2D eigenvalue weighted by atomic mass is 19.1. The molecule has 0 heterocycles. The summed E-state index contributed by atoms with van der Waals surface area (Å²) in [7, 11) is 1.63. The fourth-order valence-corrected chi connectivity index (χ4v) is 2.05. The molecular formula is C17H19FO3. The molecule has 0 saturated carbocycles. The third-order valence-corrected chi connectivity index (χ3v) is 3.23. The van der Waals surface area contributed by atoms with Gasteiger partial charge < -0.3 is 14.6 Å². The maximum atomic E-state index is 13.2. The van der Waals surface area contributed by atoms with Gasteiger partial charge in [0.1, 0.15) is 17.3 Å². The summed E-state index contributed by atoms with van der Waals surface area (Å²) in [5, 5.41) is 9.64. The maximum absolute atomic E-state index is 13.2. The van der Waals surface area contributed by atoms with E-state index in [0.29, 0.717) is 17.9 Å². The third kappa shape index (κ3) is 4.20. The molecule has 0 aliphatic rings. The van der Waals surface area contributed by atoms with Gasteiger partial charge in [0.2, 0.25) is 0 Å².